The van der Waals surface area contributed by atoms with Crippen LogP contribution in [-0.4, -0.2) is 52.2 Å². The summed E-state index contributed by atoms with van der Waals surface area (Å²) in [6.07, 6.45) is 1.99. The van der Waals surface area contributed by atoms with Gasteiger partial charge in [-0.1, -0.05) is 26.7 Å². The van der Waals surface area contributed by atoms with Crippen molar-refractivity contribution in [2.24, 2.45) is 11.8 Å². The van der Waals surface area contributed by atoms with E-state index < -0.39 is 22.1 Å². The first-order chi connectivity index (χ1) is 15.2. The number of hydrogen-bond donors (Lipinski definition) is 2. The fourth-order valence-corrected chi connectivity index (χ4v) is 5.00. The quantitative estimate of drug-likeness (QED) is 0.560. The lowest BCUT2D eigenvalue weighted by atomic mass is 9.78. The van der Waals surface area contributed by atoms with Gasteiger partial charge in [0.25, 0.3) is 5.91 Å². The highest BCUT2D eigenvalue weighted by Crippen LogP contribution is 2.32. The molecule has 1 heterocycles. The van der Waals surface area contributed by atoms with E-state index in [4.69, 9.17) is 14.2 Å². The van der Waals surface area contributed by atoms with E-state index in [1.54, 1.807) is 0 Å². The zero-order valence-electron chi connectivity index (χ0n) is 18.8. The maximum atomic E-state index is 12.5. The summed E-state index contributed by atoms with van der Waals surface area (Å²) < 4.78 is 43.3. The van der Waals surface area contributed by atoms with Crippen molar-refractivity contribution in [1.29, 1.82) is 0 Å². The molecule has 3 rings (SSSR count). The van der Waals surface area contributed by atoms with Crippen LogP contribution in [0.2, 0.25) is 0 Å². The van der Waals surface area contributed by atoms with E-state index in [2.05, 4.69) is 23.9 Å². The number of benzene rings is 1. The Morgan fingerprint density at radius 1 is 1.16 bits per heavy atom. The lowest BCUT2D eigenvalue weighted by Gasteiger charge is -2.35. The Labute approximate surface area is 189 Å². The van der Waals surface area contributed by atoms with Crippen LogP contribution in [0.1, 0.15) is 46.5 Å². The molecule has 0 saturated heterocycles. The van der Waals surface area contributed by atoms with Crippen LogP contribution in [-0.2, 0) is 24.3 Å². The number of amides is 1. The Kier molecular flexibility index (Phi) is 8.00. The molecule has 10 heteroatoms. The number of rotatable bonds is 8. The number of sulfonamides is 1. The standard InChI is InChI=1S/C22H32N2O7S/c1-14-5-4-6-18(15(14)2)24-22(26)16(3)31-21(25)9-10-23-32(27,28)17-7-8-19-20(13-17)30-12-11-29-19/h7-8,13-16,18,23H,4-6,9-12H2,1-3H3,(H,24,26)/t14-,15+,16+,18-/m0/s1. The van der Waals surface area contributed by atoms with Gasteiger partial charge in [0.05, 0.1) is 11.3 Å². The van der Waals surface area contributed by atoms with Crippen LogP contribution in [0.25, 0.3) is 0 Å². The molecule has 2 N–H and O–H groups in total. The van der Waals surface area contributed by atoms with Crippen LogP contribution in [0.3, 0.4) is 0 Å². The average molecular weight is 469 g/mol. The average Bonchev–Trinajstić information content (AvgIpc) is 2.76. The number of hydrogen-bond acceptors (Lipinski definition) is 7. The summed E-state index contributed by atoms with van der Waals surface area (Å²) in [6.45, 7) is 6.43. The van der Waals surface area contributed by atoms with Crippen LogP contribution in [0, 0.1) is 11.8 Å². The molecule has 178 valence electrons. The zero-order chi connectivity index (χ0) is 23.3. The third-order valence-electron chi connectivity index (χ3n) is 6.16. The highest BCUT2D eigenvalue weighted by molar-refractivity contribution is 7.89. The molecule has 1 aliphatic carbocycles. The van der Waals surface area contributed by atoms with Crippen molar-refractivity contribution in [1.82, 2.24) is 10.0 Å². The van der Waals surface area contributed by atoms with Gasteiger partial charge >= 0.3 is 5.97 Å². The normalized spacial score (nSPS) is 23.8. The van der Waals surface area contributed by atoms with Crippen LogP contribution < -0.4 is 19.5 Å². The number of carbonyl (C=O) groups excluding carboxylic acids is 2. The molecule has 32 heavy (non-hydrogen) atoms. The van der Waals surface area contributed by atoms with Gasteiger partial charge in [-0.2, -0.15) is 0 Å². The molecule has 0 unspecified atom stereocenters. The topological polar surface area (TPSA) is 120 Å². The highest BCUT2D eigenvalue weighted by atomic mass is 32.2. The van der Waals surface area contributed by atoms with E-state index >= 15 is 0 Å². The molecule has 0 aromatic heterocycles. The van der Waals surface area contributed by atoms with Crippen molar-refractivity contribution in [2.45, 2.75) is 63.5 Å². The monoisotopic (exact) mass is 468 g/mol. The molecule has 4 atom stereocenters. The molecular weight excluding hydrogens is 436 g/mol. The number of fused-ring (bicyclic) bond motifs is 1. The second-order valence-electron chi connectivity index (χ2n) is 8.47. The van der Waals surface area contributed by atoms with Gasteiger partial charge in [0.2, 0.25) is 10.0 Å². The zero-order valence-corrected chi connectivity index (χ0v) is 19.6. The Hall–Kier alpha value is -2.33. The van der Waals surface area contributed by atoms with Gasteiger partial charge in [-0.25, -0.2) is 13.1 Å². The molecule has 1 aromatic carbocycles. The summed E-state index contributed by atoms with van der Waals surface area (Å²) in [6, 6.07) is 4.40. The fourth-order valence-electron chi connectivity index (χ4n) is 3.96. The van der Waals surface area contributed by atoms with Gasteiger partial charge in [-0.3, -0.25) is 9.59 Å². The largest absolute Gasteiger partial charge is 0.486 e. The number of nitrogens with one attached hydrogen (secondary N) is 2. The molecule has 0 spiro atoms. The summed E-state index contributed by atoms with van der Waals surface area (Å²) in [4.78, 5) is 24.5. The molecule has 1 fully saturated rings. The van der Waals surface area contributed by atoms with Gasteiger partial charge in [0, 0.05) is 18.7 Å². The minimum atomic E-state index is -3.84. The Morgan fingerprint density at radius 3 is 2.62 bits per heavy atom. The molecule has 1 aromatic rings. The van der Waals surface area contributed by atoms with Gasteiger partial charge < -0.3 is 19.5 Å². The first-order valence-corrected chi connectivity index (χ1v) is 12.5. The van der Waals surface area contributed by atoms with Crippen molar-refractivity contribution in [2.75, 3.05) is 19.8 Å². The van der Waals surface area contributed by atoms with Crippen molar-refractivity contribution in [3.05, 3.63) is 18.2 Å². The molecular formula is C22H32N2O7S. The summed E-state index contributed by atoms with van der Waals surface area (Å²) in [5.41, 5.74) is 0. The fraction of sp³-hybridized carbons (Fsp3) is 0.636. The Bertz CT molecular complexity index is 934. The summed E-state index contributed by atoms with van der Waals surface area (Å²) >= 11 is 0. The first-order valence-electron chi connectivity index (χ1n) is 11.1. The molecule has 1 aliphatic heterocycles. The Balaban J connectivity index is 1.44. The van der Waals surface area contributed by atoms with E-state index in [1.165, 1.54) is 25.1 Å². The van der Waals surface area contributed by atoms with Crippen molar-refractivity contribution < 1.29 is 32.2 Å². The number of carbonyl (C=O) groups is 2. The van der Waals surface area contributed by atoms with E-state index in [9.17, 15) is 18.0 Å². The van der Waals surface area contributed by atoms with E-state index in [0.29, 0.717) is 36.5 Å². The van der Waals surface area contributed by atoms with Crippen LogP contribution >= 0.6 is 0 Å². The molecule has 1 saturated carbocycles. The van der Waals surface area contributed by atoms with Crippen molar-refractivity contribution in [3.8, 4) is 11.5 Å². The maximum absolute atomic E-state index is 12.5. The van der Waals surface area contributed by atoms with Crippen LogP contribution in [0.15, 0.2) is 23.1 Å². The van der Waals surface area contributed by atoms with Crippen molar-refractivity contribution >= 4 is 21.9 Å². The maximum Gasteiger partial charge on any atom is 0.307 e. The minimum Gasteiger partial charge on any atom is -0.486 e. The van der Waals surface area contributed by atoms with Crippen LogP contribution in [0.5, 0.6) is 11.5 Å². The van der Waals surface area contributed by atoms with Crippen molar-refractivity contribution in [3.63, 3.8) is 0 Å². The SMILES string of the molecule is C[C@H]1[C@@H](NC(=O)[C@@H](C)OC(=O)CCNS(=O)(=O)c2ccc3c(c2)OCCO3)CCC[C@@H]1C. The number of esters is 1. The van der Waals surface area contributed by atoms with Gasteiger partial charge in [-0.15, -0.1) is 0 Å². The van der Waals surface area contributed by atoms with E-state index in [1.807, 2.05) is 0 Å². The molecule has 2 aliphatic rings. The molecule has 0 bridgehead atoms. The third kappa shape index (κ3) is 6.13. The second kappa shape index (κ2) is 10.5. The summed E-state index contributed by atoms with van der Waals surface area (Å²) in [5, 5.41) is 2.98. The molecule has 1 amide bonds. The third-order valence-corrected chi connectivity index (χ3v) is 7.62. The molecule has 9 nitrogen and oxygen atoms in total. The van der Waals surface area contributed by atoms with E-state index in [-0.39, 0.29) is 29.8 Å². The van der Waals surface area contributed by atoms with Gasteiger partial charge in [-0.05, 0) is 37.3 Å². The smallest absolute Gasteiger partial charge is 0.307 e. The first kappa shape index (κ1) is 24.3. The Morgan fingerprint density at radius 2 is 1.88 bits per heavy atom. The summed E-state index contributed by atoms with van der Waals surface area (Å²) in [7, 11) is -3.84. The number of ether oxygens (including phenoxy) is 3. The highest BCUT2D eigenvalue weighted by Gasteiger charge is 2.30. The summed E-state index contributed by atoms with van der Waals surface area (Å²) in [5.74, 6) is 0.770. The van der Waals surface area contributed by atoms with Crippen LogP contribution in [0.4, 0.5) is 0 Å². The minimum absolute atomic E-state index is 0.0127. The van der Waals surface area contributed by atoms with Gasteiger partial charge in [0.1, 0.15) is 13.2 Å². The predicted molar refractivity (Wildman–Crippen MR) is 117 cm³/mol. The van der Waals surface area contributed by atoms with E-state index in [0.717, 1.165) is 19.3 Å². The van der Waals surface area contributed by atoms with Gasteiger partial charge in [0.15, 0.2) is 17.6 Å². The lowest BCUT2D eigenvalue weighted by Crippen LogP contribution is -2.47. The molecule has 0 radical (unpaired) electrons. The lowest BCUT2D eigenvalue weighted by molar-refractivity contribution is -0.155. The second-order valence-corrected chi connectivity index (χ2v) is 10.2. The predicted octanol–water partition coefficient (Wildman–Crippen LogP) is 2.00.